The molecule has 4 heteroatoms. The molecule has 2 rings (SSSR count). The molecule has 0 bridgehead atoms. The van der Waals surface area contributed by atoms with Gasteiger partial charge in [0.1, 0.15) is 0 Å². The molecule has 1 saturated heterocycles. The summed E-state index contributed by atoms with van der Waals surface area (Å²) in [5.74, 6) is 1.15. The number of hydrogen-bond acceptors (Lipinski definition) is 3. The molecule has 0 aromatic heterocycles. The Morgan fingerprint density at radius 1 is 1.83 bits per heavy atom. The molecule has 2 aliphatic rings. The van der Waals surface area contributed by atoms with Crippen LogP contribution in [0.4, 0.5) is 0 Å². The molecule has 62 valence electrons. The number of fused-ring (bicyclic) bond motifs is 1. The highest BCUT2D eigenvalue weighted by atomic mass is 32.2. The number of allylic oxidation sites excluding steroid dienone is 1. The number of β-lactam (4-membered cyclic amide) rings is 1. The van der Waals surface area contributed by atoms with Crippen molar-refractivity contribution in [3.8, 4) is 0 Å². The van der Waals surface area contributed by atoms with Gasteiger partial charge in [-0.05, 0) is 28.9 Å². The molecule has 2 heterocycles. The maximum absolute atomic E-state index is 11.0. The van der Waals surface area contributed by atoms with Crippen molar-refractivity contribution in [1.29, 1.82) is 0 Å². The van der Waals surface area contributed by atoms with E-state index in [9.17, 15) is 4.79 Å². The lowest BCUT2D eigenvalue weighted by atomic mass is 10.2. The number of thioether (sulfide) groups is 1. The summed E-state index contributed by atoms with van der Waals surface area (Å²) in [6.45, 7) is 0. The molecule has 0 aromatic carbocycles. The summed E-state index contributed by atoms with van der Waals surface area (Å²) in [5.41, 5.74) is 1.08. The van der Waals surface area contributed by atoms with Gasteiger partial charge in [0, 0.05) is 12.0 Å². The largest absolute Gasteiger partial charge is 0.306 e. The zero-order valence-corrected chi connectivity index (χ0v) is 7.95. The van der Waals surface area contributed by atoms with Crippen molar-refractivity contribution in [2.24, 2.45) is 0 Å². The van der Waals surface area contributed by atoms with Crippen LogP contribution in [0.1, 0.15) is 6.42 Å². The standard InChI is InChI=1S/C8H7NOS2/c10-7-3-8-9(7)4-6(1-2-11)5-12-8/h1,4,8H,3,5H2/t8-/m0/s1. The quantitative estimate of drug-likeness (QED) is 0.467. The number of rotatable bonds is 1. The van der Waals surface area contributed by atoms with E-state index in [4.69, 9.17) is 0 Å². The molecule has 1 amide bonds. The minimum atomic E-state index is 0.211. The van der Waals surface area contributed by atoms with E-state index in [0.29, 0.717) is 11.8 Å². The highest BCUT2D eigenvalue weighted by molar-refractivity contribution is 8.00. The Bertz CT molecular complexity index is 304. The molecule has 2 nitrogen and oxygen atoms in total. The molecule has 12 heavy (non-hydrogen) atoms. The molecule has 0 saturated carbocycles. The van der Waals surface area contributed by atoms with E-state index in [1.807, 2.05) is 6.20 Å². The fourth-order valence-corrected chi connectivity index (χ4v) is 2.55. The minimum Gasteiger partial charge on any atom is -0.306 e. The molecule has 0 radical (unpaired) electrons. The van der Waals surface area contributed by atoms with Gasteiger partial charge in [0.05, 0.1) is 11.8 Å². The topological polar surface area (TPSA) is 20.3 Å². The molecule has 0 N–H and O–H groups in total. The predicted octanol–water partition coefficient (Wildman–Crippen LogP) is 1.33. The van der Waals surface area contributed by atoms with Gasteiger partial charge < -0.3 is 4.90 Å². The van der Waals surface area contributed by atoms with Gasteiger partial charge in [-0.15, -0.1) is 11.8 Å². The summed E-state index contributed by atoms with van der Waals surface area (Å²) in [4.78, 5) is 12.8. The van der Waals surface area contributed by atoms with Crippen LogP contribution in [0, 0.1) is 0 Å². The first kappa shape index (κ1) is 8.05. The molecule has 0 unspecified atom stereocenters. The lowest BCUT2D eigenvalue weighted by Crippen LogP contribution is -2.49. The van der Waals surface area contributed by atoms with Crippen LogP contribution in [0.2, 0.25) is 0 Å². The smallest absolute Gasteiger partial charge is 0.230 e. The molecule has 0 aliphatic carbocycles. The Morgan fingerprint density at radius 2 is 2.67 bits per heavy atom. The van der Waals surface area contributed by atoms with E-state index >= 15 is 0 Å². The summed E-state index contributed by atoms with van der Waals surface area (Å²) in [7, 11) is 0. The summed E-state index contributed by atoms with van der Waals surface area (Å²) >= 11 is 6.37. The summed E-state index contributed by atoms with van der Waals surface area (Å²) in [6.07, 6.45) is 4.33. The van der Waals surface area contributed by atoms with Crippen LogP contribution >= 0.6 is 24.0 Å². The second kappa shape index (κ2) is 3.05. The molecular weight excluding hydrogens is 190 g/mol. The van der Waals surface area contributed by atoms with E-state index < -0.39 is 0 Å². The zero-order chi connectivity index (χ0) is 8.55. The van der Waals surface area contributed by atoms with Crippen molar-refractivity contribution in [3.63, 3.8) is 0 Å². The number of thiocarbonyl (C=S) groups is 1. The summed E-state index contributed by atoms with van der Waals surface area (Å²) < 4.78 is 0. The van der Waals surface area contributed by atoms with Crippen molar-refractivity contribution >= 4 is 34.9 Å². The first-order chi connectivity index (χ1) is 5.81. The Hall–Kier alpha value is -0.570. The highest BCUT2D eigenvalue weighted by Gasteiger charge is 2.37. The van der Waals surface area contributed by atoms with E-state index in [-0.39, 0.29) is 5.91 Å². The Morgan fingerprint density at radius 3 is 3.33 bits per heavy atom. The molecule has 1 fully saturated rings. The van der Waals surface area contributed by atoms with Crippen molar-refractivity contribution < 1.29 is 4.79 Å². The predicted molar refractivity (Wildman–Crippen MR) is 53.0 cm³/mol. The molecule has 0 spiro atoms. The number of amides is 1. The third-order valence-electron chi connectivity index (χ3n) is 1.94. The van der Waals surface area contributed by atoms with Crippen LogP contribution in [0.3, 0.4) is 0 Å². The number of nitrogens with zero attached hydrogens (tertiary/aromatic N) is 1. The Kier molecular flexibility index (Phi) is 2.05. The second-order valence-corrected chi connectivity index (χ2v) is 4.14. The molecular formula is C8H7NOS2. The van der Waals surface area contributed by atoms with Gasteiger partial charge in [-0.2, -0.15) is 0 Å². The normalized spacial score (nSPS) is 26.7. The van der Waals surface area contributed by atoms with Gasteiger partial charge in [0.25, 0.3) is 0 Å². The fraction of sp³-hybridized carbons (Fsp3) is 0.375. The van der Waals surface area contributed by atoms with Crippen LogP contribution in [-0.4, -0.2) is 27.0 Å². The average molecular weight is 197 g/mol. The van der Waals surface area contributed by atoms with Gasteiger partial charge in [-0.1, -0.05) is 0 Å². The second-order valence-electron chi connectivity index (χ2n) is 2.74. The van der Waals surface area contributed by atoms with E-state index in [0.717, 1.165) is 11.3 Å². The van der Waals surface area contributed by atoms with Crippen LogP contribution in [0.15, 0.2) is 17.8 Å². The lowest BCUT2D eigenvalue weighted by Gasteiger charge is -2.40. The summed E-state index contributed by atoms with van der Waals surface area (Å²) in [6, 6.07) is 0. The average Bonchev–Trinajstić information content (AvgIpc) is 2.07. The van der Waals surface area contributed by atoms with Crippen molar-refractivity contribution in [2.45, 2.75) is 11.8 Å². The maximum atomic E-state index is 11.0. The lowest BCUT2D eigenvalue weighted by molar-refractivity contribution is -0.137. The SMILES string of the molecule is O=C1C[C@@H]2SCC(C=C=S)=CN12. The fourth-order valence-electron chi connectivity index (χ4n) is 1.26. The first-order valence-corrected chi connectivity index (χ1v) is 5.11. The van der Waals surface area contributed by atoms with E-state index in [2.05, 4.69) is 17.2 Å². The third kappa shape index (κ3) is 1.22. The van der Waals surface area contributed by atoms with Crippen molar-refractivity contribution in [3.05, 3.63) is 17.8 Å². The molecule has 1 atom stereocenters. The van der Waals surface area contributed by atoms with E-state index in [1.54, 1.807) is 22.7 Å². The van der Waals surface area contributed by atoms with Gasteiger partial charge >= 0.3 is 0 Å². The molecule has 0 aromatic rings. The zero-order valence-electron chi connectivity index (χ0n) is 6.32. The Balaban J connectivity index is 2.18. The third-order valence-corrected chi connectivity index (χ3v) is 3.34. The Labute approximate surface area is 80.3 Å². The molecule has 2 aliphatic heterocycles. The van der Waals surface area contributed by atoms with Gasteiger partial charge in [-0.25, -0.2) is 0 Å². The number of carbonyl (C=O) groups is 1. The number of hydrogen-bond donors (Lipinski definition) is 0. The van der Waals surface area contributed by atoms with Crippen LogP contribution in [-0.2, 0) is 4.79 Å². The van der Waals surface area contributed by atoms with Crippen molar-refractivity contribution in [2.75, 3.05) is 5.75 Å². The van der Waals surface area contributed by atoms with Crippen molar-refractivity contribution in [1.82, 2.24) is 4.90 Å². The van der Waals surface area contributed by atoms with Gasteiger partial charge in [0.15, 0.2) is 0 Å². The van der Waals surface area contributed by atoms with Crippen LogP contribution in [0.25, 0.3) is 0 Å². The van der Waals surface area contributed by atoms with Crippen LogP contribution in [0.5, 0.6) is 0 Å². The maximum Gasteiger partial charge on any atom is 0.230 e. The minimum absolute atomic E-state index is 0.211. The monoisotopic (exact) mass is 197 g/mol. The number of carbonyl (C=O) groups excluding carboxylic acids is 1. The summed E-state index contributed by atoms with van der Waals surface area (Å²) in [5, 5.41) is 2.94. The van der Waals surface area contributed by atoms with E-state index in [1.165, 1.54) is 0 Å². The highest BCUT2D eigenvalue weighted by Crippen LogP contribution is 2.35. The first-order valence-electron chi connectivity index (χ1n) is 3.65. The van der Waals surface area contributed by atoms with Gasteiger partial charge in [0.2, 0.25) is 5.91 Å². The van der Waals surface area contributed by atoms with Crippen LogP contribution < -0.4 is 0 Å². The van der Waals surface area contributed by atoms with Gasteiger partial charge in [-0.3, -0.25) is 4.79 Å².